The summed E-state index contributed by atoms with van der Waals surface area (Å²) in [6.45, 7) is 4.34. The van der Waals surface area contributed by atoms with Crippen LogP contribution in [0.4, 0.5) is 5.69 Å². The van der Waals surface area contributed by atoms with E-state index in [1.807, 2.05) is 35.2 Å². The molecule has 0 aliphatic carbocycles. The fourth-order valence-electron chi connectivity index (χ4n) is 6.39. The van der Waals surface area contributed by atoms with Gasteiger partial charge in [-0.15, -0.1) is 0 Å². The number of carbonyl (C=O) groups excluding carboxylic acids is 2. The lowest BCUT2D eigenvalue weighted by Gasteiger charge is -2.37. The molecule has 2 aliphatic rings. The highest BCUT2D eigenvalue weighted by Gasteiger charge is 2.35. The van der Waals surface area contributed by atoms with Crippen LogP contribution in [0.3, 0.4) is 0 Å². The molecule has 2 heterocycles. The van der Waals surface area contributed by atoms with E-state index in [9.17, 15) is 19.2 Å². The minimum atomic E-state index is -1.26. The zero-order valence-corrected chi connectivity index (χ0v) is 26.3. The Bertz CT molecular complexity index is 1400. The highest BCUT2D eigenvalue weighted by molar-refractivity contribution is 5.99. The molecule has 242 valence electrons. The lowest BCUT2D eigenvalue weighted by Crippen LogP contribution is -2.40. The third-order valence-electron chi connectivity index (χ3n) is 8.67. The predicted octanol–water partition coefficient (Wildman–Crippen LogP) is 5.14. The molecule has 1 unspecified atom stereocenters. The van der Waals surface area contributed by atoms with Gasteiger partial charge in [-0.3, -0.25) is 9.59 Å². The van der Waals surface area contributed by atoms with Gasteiger partial charge in [-0.1, -0.05) is 78.9 Å². The van der Waals surface area contributed by atoms with Crippen LogP contribution in [0, 0.1) is 11.8 Å². The van der Waals surface area contributed by atoms with Crippen LogP contribution < -0.4 is 4.90 Å². The number of carboxylic acid groups (broad SMARTS) is 2. The number of benzene rings is 3. The second-order valence-electron chi connectivity index (χ2n) is 11.8. The summed E-state index contributed by atoms with van der Waals surface area (Å²) >= 11 is 0. The number of aliphatic carboxylic acids is 2. The highest BCUT2D eigenvalue weighted by Crippen LogP contribution is 2.38. The van der Waals surface area contributed by atoms with Gasteiger partial charge in [0, 0.05) is 50.3 Å². The number of carboxylic acids is 2. The summed E-state index contributed by atoms with van der Waals surface area (Å²) in [7, 11) is 1.78. The smallest absolute Gasteiger partial charge is 0.328 e. The van der Waals surface area contributed by atoms with Crippen LogP contribution in [-0.2, 0) is 19.2 Å². The third-order valence-corrected chi connectivity index (χ3v) is 8.67. The molecule has 0 spiro atoms. The number of carbonyl (C=O) groups is 4. The van der Waals surface area contributed by atoms with Crippen LogP contribution in [0.25, 0.3) is 0 Å². The zero-order chi connectivity index (χ0) is 32.9. The summed E-state index contributed by atoms with van der Waals surface area (Å²) in [5, 5.41) is 15.6. The van der Waals surface area contributed by atoms with Gasteiger partial charge in [0.25, 0.3) is 0 Å². The average molecular weight is 626 g/mol. The number of piperidine rings is 1. The maximum absolute atomic E-state index is 13.4. The molecule has 3 aromatic rings. The largest absolute Gasteiger partial charge is 0.478 e. The number of amides is 2. The number of hydrogen-bond acceptors (Lipinski definition) is 5. The molecular weight excluding hydrogens is 582 g/mol. The van der Waals surface area contributed by atoms with Crippen molar-refractivity contribution in [3.05, 3.63) is 114 Å². The Morgan fingerprint density at radius 3 is 1.78 bits per heavy atom. The first-order valence-corrected chi connectivity index (χ1v) is 15.8. The number of hydrogen-bond donors (Lipinski definition) is 2. The molecule has 46 heavy (non-hydrogen) atoms. The van der Waals surface area contributed by atoms with Gasteiger partial charge in [0.15, 0.2) is 0 Å². The number of para-hydroxylation sites is 1. The topological polar surface area (TPSA) is 118 Å². The quantitative estimate of drug-likeness (QED) is 0.283. The lowest BCUT2D eigenvalue weighted by molar-refractivity contribution is -0.134. The zero-order valence-electron chi connectivity index (χ0n) is 26.3. The Morgan fingerprint density at radius 2 is 1.33 bits per heavy atom. The van der Waals surface area contributed by atoms with E-state index in [0.29, 0.717) is 43.5 Å². The average Bonchev–Trinajstić information content (AvgIpc) is 3.42. The number of anilines is 1. The fraction of sp³-hybridized carbons (Fsp3) is 0.351. The van der Waals surface area contributed by atoms with Crippen molar-refractivity contribution in [3.8, 4) is 0 Å². The second kappa shape index (κ2) is 17.1. The molecule has 9 nitrogen and oxygen atoms in total. The van der Waals surface area contributed by atoms with E-state index in [1.54, 1.807) is 11.9 Å². The van der Waals surface area contributed by atoms with Crippen LogP contribution in [-0.4, -0.2) is 83.5 Å². The number of likely N-dealkylation sites (tertiary alicyclic amines) is 2. The molecule has 2 amide bonds. The normalized spacial score (nSPS) is 17.1. The van der Waals surface area contributed by atoms with Crippen molar-refractivity contribution in [3.63, 3.8) is 0 Å². The van der Waals surface area contributed by atoms with Crippen molar-refractivity contribution in [2.24, 2.45) is 11.8 Å². The molecule has 1 atom stereocenters. The fourth-order valence-corrected chi connectivity index (χ4v) is 6.39. The van der Waals surface area contributed by atoms with E-state index in [2.05, 4.69) is 65.6 Å². The van der Waals surface area contributed by atoms with Crippen molar-refractivity contribution in [1.29, 1.82) is 0 Å². The highest BCUT2D eigenvalue weighted by atomic mass is 16.4. The summed E-state index contributed by atoms with van der Waals surface area (Å²) in [5.41, 5.74) is 3.74. The van der Waals surface area contributed by atoms with Crippen LogP contribution >= 0.6 is 0 Å². The van der Waals surface area contributed by atoms with Crippen molar-refractivity contribution in [2.75, 3.05) is 44.7 Å². The van der Waals surface area contributed by atoms with Gasteiger partial charge in [0.1, 0.15) is 0 Å². The van der Waals surface area contributed by atoms with E-state index in [1.165, 1.54) is 24.0 Å². The van der Waals surface area contributed by atoms with E-state index < -0.39 is 11.9 Å². The molecular formula is C37H43N3O6. The predicted molar refractivity (Wildman–Crippen MR) is 177 cm³/mol. The van der Waals surface area contributed by atoms with Gasteiger partial charge in [-0.05, 0) is 68.1 Å². The molecule has 9 heteroatoms. The first kappa shape index (κ1) is 34.1. The lowest BCUT2D eigenvalue weighted by atomic mass is 9.76. The van der Waals surface area contributed by atoms with Gasteiger partial charge in [-0.25, -0.2) is 9.59 Å². The third kappa shape index (κ3) is 9.87. The molecule has 0 bridgehead atoms. The van der Waals surface area contributed by atoms with Gasteiger partial charge in [0.05, 0.1) is 5.92 Å². The Hall–Kier alpha value is -4.76. The maximum Gasteiger partial charge on any atom is 0.328 e. The second-order valence-corrected chi connectivity index (χ2v) is 11.8. The van der Waals surface area contributed by atoms with Gasteiger partial charge < -0.3 is 24.9 Å². The summed E-state index contributed by atoms with van der Waals surface area (Å²) in [4.78, 5) is 50.8. The Balaban J connectivity index is 0.000000533. The van der Waals surface area contributed by atoms with Crippen LogP contribution in [0.15, 0.2) is 103 Å². The van der Waals surface area contributed by atoms with Crippen molar-refractivity contribution in [1.82, 2.24) is 9.80 Å². The number of nitrogens with zero attached hydrogens (tertiary/aromatic N) is 3. The molecule has 2 fully saturated rings. The molecule has 0 radical (unpaired) electrons. The van der Waals surface area contributed by atoms with E-state index in [4.69, 9.17) is 10.2 Å². The SMILES string of the molecule is CN1CC(C(=O)N(CCCN2CCC(C(c3ccccc3)c3ccccc3)CC2)c2ccccc2)CC1=O.O=C(O)C=CC(=O)O. The van der Waals surface area contributed by atoms with Crippen LogP contribution in [0.2, 0.25) is 0 Å². The van der Waals surface area contributed by atoms with E-state index in [0.717, 1.165) is 31.7 Å². The van der Waals surface area contributed by atoms with Crippen molar-refractivity contribution >= 4 is 29.4 Å². The summed E-state index contributed by atoms with van der Waals surface area (Å²) in [5.74, 6) is -1.59. The number of rotatable bonds is 11. The Labute approximate surface area is 270 Å². The van der Waals surface area contributed by atoms with Gasteiger partial charge >= 0.3 is 11.9 Å². The van der Waals surface area contributed by atoms with Crippen molar-refractivity contribution in [2.45, 2.75) is 31.6 Å². The summed E-state index contributed by atoms with van der Waals surface area (Å²) < 4.78 is 0. The molecule has 2 aliphatic heterocycles. The van der Waals surface area contributed by atoms with Crippen LogP contribution in [0.1, 0.15) is 42.7 Å². The molecule has 0 saturated carbocycles. The molecule has 5 rings (SSSR count). The minimum Gasteiger partial charge on any atom is -0.478 e. The first-order chi connectivity index (χ1) is 22.2. The summed E-state index contributed by atoms with van der Waals surface area (Å²) in [6, 6.07) is 31.8. The Morgan fingerprint density at radius 1 is 0.826 bits per heavy atom. The van der Waals surface area contributed by atoms with Gasteiger partial charge in [0.2, 0.25) is 11.8 Å². The first-order valence-electron chi connectivity index (χ1n) is 15.8. The molecule has 0 aromatic heterocycles. The summed E-state index contributed by atoms with van der Waals surface area (Å²) in [6.07, 6.45) is 4.70. The van der Waals surface area contributed by atoms with Crippen molar-refractivity contribution < 1.29 is 29.4 Å². The molecule has 2 saturated heterocycles. The standard InChI is InChI=1S/C33H39N3O2.C4H4O4/c1-34-25-29(24-31(34)37)33(38)36(30-16-9-4-10-17-30)21-11-20-35-22-18-28(19-23-35)32(26-12-5-2-6-13-26)27-14-7-3-8-15-27;5-3(6)1-2-4(7)8/h2-10,12-17,28-29,32H,11,18-25H2,1H3;1-2H,(H,5,6)(H,7,8). The minimum absolute atomic E-state index is 0.0588. The van der Waals surface area contributed by atoms with Crippen LogP contribution in [0.5, 0.6) is 0 Å². The molecule has 3 aromatic carbocycles. The molecule has 2 N–H and O–H groups in total. The van der Waals surface area contributed by atoms with E-state index in [-0.39, 0.29) is 17.7 Å². The Kier molecular flexibility index (Phi) is 12.7. The maximum atomic E-state index is 13.4. The van der Waals surface area contributed by atoms with Gasteiger partial charge in [-0.2, -0.15) is 0 Å². The monoisotopic (exact) mass is 625 g/mol. The van der Waals surface area contributed by atoms with E-state index >= 15 is 0 Å².